The van der Waals surface area contributed by atoms with Crippen molar-refractivity contribution in [3.8, 4) is 11.5 Å². The van der Waals surface area contributed by atoms with Gasteiger partial charge < -0.3 is 70.1 Å². The summed E-state index contributed by atoms with van der Waals surface area (Å²) in [6.45, 7) is 26.3. The smallest absolute Gasteiger partial charge is 0.870 e. The van der Waals surface area contributed by atoms with Crippen LogP contribution in [0.3, 0.4) is 0 Å². The number of esters is 3. The summed E-state index contributed by atoms with van der Waals surface area (Å²) in [4.78, 5) is 57.3. The number of nitrogens with two attached hydrogens (primary N) is 1. The Bertz CT molecular complexity index is 3670. The number of aliphatic hydroxyl groups excluding tert-OH is 3. The number of anilines is 2. The summed E-state index contributed by atoms with van der Waals surface area (Å²) >= 11 is 3.28. The number of ether oxygens (including phenoxy) is 7. The molecular weight excluding hydrogens is 1440 g/mol. The number of halogens is 1. The fourth-order valence-corrected chi connectivity index (χ4v) is 10.6. The molecule has 576 valence electrons. The largest absolute Gasteiger partial charge is 1.00 e. The quantitative estimate of drug-likeness (QED) is 0.0136. The molecule has 0 bridgehead atoms. The van der Waals surface area contributed by atoms with Gasteiger partial charge in [0.25, 0.3) is 5.91 Å². The molecule has 7 aromatic rings. The maximum Gasteiger partial charge on any atom is 1.00 e. The molecule has 1 amide bonds. The van der Waals surface area contributed by atoms with Crippen LogP contribution in [0.15, 0.2) is 150 Å². The molecule has 0 saturated carbocycles. The zero-order chi connectivity index (χ0) is 77.8. The first-order chi connectivity index (χ1) is 49.2. The fraction of sp³-hybridized carbons (Fsp3) is 0.447. The zero-order valence-electron chi connectivity index (χ0n) is 65.8. The van der Waals surface area contributed by atoms with Crippen LogP contribution in [-0.2, 0) is 71.2 Å². The predicted octanol–water partition coefficient (Wildman–Crippen LogP) is 14.1. The van der Waals surface area contributed by atoms with Gasteiger partial charge >= 0.3 is 75.3 Å². The van der Waals surface area contributed by atoms with Crippen LogP contribution in [-0.4, -0.2) is 130 Å². The van der Waals surface area contributed by atoms with E-state index >= 15 is 0 Å². The number of nitrogen functional groups attached to an aromatic ring is 1. The Morgan fingerprint density at radius 1 is 0.462 bits per heavy atom. The fourth-order valence-electron chi connectivity index (χ4n) is 10.4. The van der Waals surface area contributed by atoms with E-state index in [1.807, 2.05) is 118 Å². The van der Waals surface area contributed by atoms with Crippen LogP contribution in [0.2, 0.25) is 0 Å². The van der Waals surface area contributed by atoms with Gasteiger partial charge in [-0.05, 0) is 241 Å². The molecule has 0 aromatic heterocycles. The second-order valence-corrected chi connectivity index (χ2v) is 28.6. The van der Waals surface area contributed by atoms with E-state index in [0.29, 0.717) is 53.9 Å². The van der Waals surface area contributed by atoms with Gasteiger partial charge in [0.2, 0.25) is 0 Å². The number of aromatic carboxylic acids is 1. The molecule has 106 heavy (non-hydrogen) atoms. The van der Waals surface area contributed by atoms with Crippen molar-refractivity contribution in [1.82, 2.24) is 0 Å². The predicted molar refractivity (Wildman–Crippen MR) is 420 cm³/mol. The molecule has 0 aliphatic heterocycles. The first kappa shape index (κ1) is 97.2. The van der Waals surface area contributed by atoms with Gasteiger partial charge in [-0.1, -0.05) is 119 Å². The number of carboxylic acid groups (broad SMARTS) is 1. The summed E-state index contributed by atoms with van der Waals surface area (Å²) in [6, 6.07) is 43.8. The van der Waals surface area contributed by atoms with Gasteiger partial charge in [0.1, 0.15) is 11.5 Å². The van der Waals surface area contributed by atoms with Crippen LogP contribution in [0.25, 0.3) is 0 Å². The molecule has 0 saturated heterocycles. The van der Waals surface area contributed by atoms with Crippen molar-refractivity contribution in [1.29, 1.82) is 0 Å². The number of amides is 1. The Hall–Kier alpha value is -6.83. The number of carboxylic acids is 1. The molecule has 21 heteroatoms. The third-order valence-corrected chi connectivity index (χ3v) is 18.3. The van der Waals surface area contributed by atoms with Crippen molar-refractivity contribution < 1.29 is 134 Å². The summed E-state index contributed by atoms with van der Waals surface area (Å²) < 4.78 is 36.4. The minimum Gasteiger partial charge on any atom is -0.870 e. The summed E-state index contributed by atoms with van der Waals surface area (Å²) in [5, 5.41) is 39.5. The van der Waals surface area contributed by atoms with Crippen molar-refractivity contribution in [3.05, 3.63) is 222 Å². The molecule has 0 radical (unpaired) electrons. The number of aliphatic hydroxyl groups is 3. The van der Waals surface area contributed by atoms with Crippen molar-refractivity contribution in [3.63, 3.8) is 0 Å². The van der Waals surface area contributed by atoms with Gasteiger partial charge in [0, 0.05) is 40.5 Å². The molecule has 0 unspecified atom stereocenters. The van der Waals surface area contributed by atoms with E-state index in [4.69, 9.17) is 49.1 Å². The SMILES string of the molecule is CC(C)(CO)c1ccc(C(=O)O)cc1.CCOC(=O)c1ccc(Br)cc1.CCOC(=O)c1ccc(C(C)(C)CO)cc1.CCOC(=O)c1ccc(C(C)(C)OC)cc1.COC(C)C.COc1cc2c(cc1N)CCCCC2.COc1cc2c(cc1NC(=O)c1ccc(C(C)(C)CO)cc1)CCCCC2.[K+].[OH-]. The minimum absolute atomic E-state index is 0. The summed E-state index contributed by atoms with van der Waals surface area (Å²) in [7, 11) is 6.68. The molecule has 8 N–H and O–H groups in total. The number of hydrogen-bond acceptors (Lipinski definition) is 17. The molecule has 7 aromatic carbocycles. The van der Waals surface area contributed by atoms with E-state index in [1.54, 1.807) is 122 Å². The topological polar surface area (TPSA) is 299 Å². The first-order valence-electron chi connectivity index (χ1n) is 35.5. The monoisotopic (exact) mass is 1550 g/mol. The van der Waals surface area contributed by atoms with E-state index in [0.717, 1.165) is 56.7 Å². The van der Waals surface area contributed by atoms with Crippen molar-refractivity contribution >= 4 is 57.1 Å². The summed E-state index contributed by atoms with van der Waals surface area (Å²) in [5.41, 5.74) is 18.1. The molecule has 2 aliphatic rings. The molecule has 9 rings (SSSR count). The third-order valence-electron chi connectivity index (χ3n) is 17.7. The second-order valence-electron chi connectivity index (χ2n) is 27.7. The Labute approximate surface area is 680 Å². The second kappa shape index (κ2) is 49.3. The molecule has 0 spiro atoms. The number of benzene rings is 7. The molecule has 0 heterocycles. The van der Waals surface area contributed by atoms with Gasteiger partial charge in [0.05, 0.1) is 99.2 Å². The van der Waals surface area contributed by atoms with Gasteiger partial charge in [0.15, 0.2) is 0 Å². The number of fused-ring (bicyclic) bond motifs is 2. The Morgan fingerprint density at radius 2 is 0.764 bits per heavy atom. The van der Waals surface area contributed by atoms with Crippen LogP contribution >= 0.6 is 15.9 Å². The van der Waals surface area contributed by atoms with Crippen molar-refractivity contribution in [2.75, 3.05) is 79.1 Å². The van der Waals surface area contributed by atoms with Crippen LogP contribution in [0.1, 0.15) is 225 Å². The Kier molecular flexibility index (Phi) is 45.2. The standard InChI is InChI=1S/C23H29NO3.2C13H18O3.C12H17NO.C11H14O3.C9H9BrO2.C4H10O.K.H2O/c1-23(2,15-25)19-11-9-16(10-12-19)22(26)24-20-13-17-7-5-4-6-8-18(17)14-21(20)27-3;1-5-16-12(14)10-6-8-11(9-7-10)13(2,3)15-4;1-4-16-12(15)10-5-7-11(8-6-10)13(2,3)9-14;1-14-12-8-10-6-4-2-3-5-9(10)7-11(12)13;1-11(2,7-12)9-5-3-8(4-6-9)10(13)14;1-2-12-9(11)7-3-5-8(10)6-4-7;1-4(2)5-3;;/h9-14,25H,4-8,15H2,1-3H3,(H,24,26);6-9H,5H2,1-4H3;5-8,14H,4,9H2,1-3H3;7-8H,2-6,13H2,1H3;3-6,12H,7H2,1-2H3,(H,13,14);3-6H,2H2,1H3;4H,1-3H3;;1H2/q;;;;;;;+1;/p-1. The molecule has 0 atom stereocenters. The number of nitrogens with one attached hydrogen (secondary N) is 1. The van der Waals surface area contributed by atoms with Crippen LogP contribution in [0.5, 0.6) is 11.5 Å². The maximum atomic E-state index is 12.7. The molecular formula is C85H116BrKN2O17. The number of hydrogen-bond donors (Lipinski definition) is 6. The van der Waals surface area contributed by atoms with E-state index in [9.17, 15) is 34.2 Å². The van der Waals surface area contributed by atoms with Crippen molar-refractivity contribution in [2.45, 2.75) is 182 Å². The van der Waals surface area contributed by atoms with Crippen LogP contribution in [0.4, 0.5) is 11.4 Å². The van der Waals surface area contributed by atoms with Gasteiger partial charge in [-0.2, -0.15) is 0 Å². The minimum atomic E-state index is -0.932. The van der Waals surface area contributed by atoms with E-state index in [-0.39, 0.29) is 128 Å². The average Bonchev–Trinajstić information content (AvgIpc) is 1.17. The molecule has 0 fully saturated rings. The van der Waals surface area contributed by atoms with E-state index < -0.39 is 5.97 Å². The van der Waals surface area contributed by atoms with Gasteiger partial charge in [-0.3, -0.25) is 4.79 Å². The van der Waals surface area contributed by atoms with Gasteiger partial charge in [-0.15, -0.1) is 0 Å². The van der Waals surface area contributed by atoms with Crippen LogP contribution < -0.4 is 71.9 Å². The first-order valence-corrected chi connectivity index (χ1v) is 36.3. The maximum absolute atomic E-state index is 12.7. The normalized spacial score (nSPS) is 12.1. The number of rotatable bonds is 20. The van der Waals surface area contributed by atoms with Crippen molar-refractivity contribution in [2.24, 2.45) is 0 Å². The Balaban J connectivity index is 0.000000639. The molecule has 2 aliphatic carbocycles. The summed E-state index contributed by atoms with van der Waals surface area (Å²) in [6.07, 6.45) is 12.4. The van der Waals surface area contributed by atoms with Gasteiger partial charge in [-0.25, -0.2) is 19.2 Å². The summed E-state index contributed by atoms with van der Waals surface area (Å²) in [5.74, 6) is -0.425. The Morgan fingerprint density at radius 3 is 1.08 bits per heavy atom. The zero-order valence-corrected chi connectivity index (χ0v) is 70.5. The number of methoxy groups -OCH3 is 4. The average molecular weight is 1560 g/mol. The van der Waals surface area contributed by atoms with E-state index in [1.165, 1.54) is 73.6 Å². The molecule has 19 nitrogen and oxygen atoms in total. The van der Waals surface area contributed by atoms with E-state index in [2.05, 4.69) is 45.5 Å². The third kappa shape index (κ3) is 32.5. The number of aryl methyl sites for hydroxylation is 4. The number of carbonyl (C=O) groups excluding carboxylic acids is 4. The van der Waals surface area contributed by atoms with Crippen LogP contribution in [0, 0.1) is 0 Å². The number of carbonyl (C=O) groups is 5.